The molecule has 20 heavy (non-hydrogen) atoms. The van der Waals surface area contributed by atoms with E-state index in [1.807, 2.05) is 0 Å². The summed E-state index contributed by atoms with van der Waals surface area (Å²) in [6.45, 7) is 1.85. The van der Waals surface area contributed by atoms with E-state index in [0.717, 1.165) is 25.7 Å². The Balaban J connectivity index is 1.94. The van der Waals surface area contributed by atoms with Crippen molar-refractivity contribution in [2.24, 2.45) is 5.41 Å². The van der Waals surface area contributed by atoms with E-state index < -0.39 is 11.4 Å². The number of amides is 1. The average molecular weight is 285 g/mol. The number of hydrogen-bond acceptors (Lipinski definition) is 4. The summed E-state index contributed by atoms with van der Waals surface area (Å²) in [6.07, 6.45) is 4.27. The van der Waals surface area contributed by atoms with E-state index in [0.29, 0.717) is 39.2 Å². The van der Waals surface area contributed by atoms with Crippen molar-refractivity contribution in [2.75, 3.05) is 26.4 Å². The van der Waals surface area contributed by atoms with Gasteiger partial charge in [-0.05, 0) is 12.8 Å². The molecular formula is C14H23NO5. The summed E-state index contributed by atoms with van der Waals surface area (Å²) in [5.41, 5.74) is -1.26. The van der Waals surface area contributed by atoms with Crippen LogP contribution in [0.1, 0.15) is 38.5 Å². The molecule has 1 amide bonds. The Kier molecular flexibility index (Phi) is 5.37. The van der Waals surface area contributed by atoms with E-state index in [9.17, 15) is 14.7 Å². The lowest BCUT2D eigenvalue weighted by atomic mass is 9.79. The number of carbonyl (C=O) groups excluding carboxylic acids is 1. The van der Waals surface area contributed by atoms with Crippen LogP contribution in [0.4, 0.5) is 0 Å². The van der Waals surface area contributed by atoms with Gasteiger partial charge in [0, 0.05) is 6.54 Å². The largest absolute Gasteiger partial charge is 0.480 e. The van der Waals surface area contributed by atoms with Crippen molar-refractivity contribution >= 4 is 11.9 Å². The Hall–Kier alpha value is -1.14. The highest BCUT2D eigenvalue weighted by molar-refractivity contribution is 6.01. The predicted molar refractivity (Wildman–Crippen MR) is 71.3 cm³/mol. The number of carboxylic acid groups (broad SMARTS) is 1. The van der Waals surface area contributed by atoms with Crippen LogP contribution >= 0.6 is 0 Å². The Labute approximate surface area is 118 Å². The fraction of sp³-hybridized carbons (Fsp3) is 0.857. The molecule has 0 spiro atoms. The summed E-state index contributed by atoms with van der Waals surface area (Å²) in [7, 11) is 0. The van der Waals surface area contributed by atoms with Crippen molar-refractivity contribution in [3.8, 4) is 0 Å². The number of carboxylic acids is 1. The lowest BCUT2D eigenvalue weighted by Crippen LogP contribution is -2.49. The van der Waals surface area contributed by atoms with Crippen LogP contribution in [-0.4, -0.2) is 49.5 Å². The van der Waals surface area contributed by atoms with Crippen LogP contribution in [-0.2, 0) is 19.1 Å². The summed E-state index contributed by atoms with van der Waals surface area (Å²) in [6, 6.07) is 0. The number of hydrogen-bond donors (Lipinski definition) is 2. The van der Waals surface area contributed by atoms with Gasteiger partial charge >= 0.3 is 5.97 Å². The monoisotopic (exact) mass is 285 g/mol. The molecule has 6 heteroatoms. The lowest BCUT2D eigenvalue weighted by molar-refractivity contribution is -0.157. The first-order valence-electron chi connectivity index (χ1n) is 7.36. The van der Waals surface area contributed by atoms with Crippen molar-refractivity contribution in [1.29, 1.82) is 0 Å². The Morgan fingerprint density at radius 2 is 1.85 bits per heavy atom. The van der Waals surface area contributed by atoms with Crippen LogP contribution in [0, 0.1) is 5.41 Å². The van der Waals surface area contributed by atoms with Crippen LogP contribution in [0.2, 0.25) is 0 Å². The van der Waals surface area contributed by atoms with E-state index in [2.05, 4.69) is 5.32 Å². The molecule has 1 heterocycles. The first-order chi connectivity index (χ1) is 9.65. The highest BCUT2D eigenvalue weighted by atomic mass is 16.6. The van der Waals surface area contributed by atoms with Crippen molar-refractivity contribution in [2.45, 2.75) is 44.6 Å². The van der Waals surface area contributed by atoms with Crippen molar-refractivity contribution < 1.29 is 24.2 Å². The third-order valence-electron chi connectivity index (χ3n) is 4.18. The zero-order valence-corrected chi connectivity index (χ0v) is 11.7. The molecule has 1 aliphatic heterocycles. The van der Waals surface area contributed by atoms with E-state index in [4.69, 9.17) is 9.47 Å². The molecule has 114 valence electrons. The van der Waals surface area contributed by atoms with Gasteiger partial charge in [0.05, 0.1) is 25.9 Å². The number of rotatable bonds is 4. The minimum absolute atomic E-state index is 0.177. The number of ether oxygens (including phenoxy) is 2. The topological polar surface area (TPSA) is 84.9 Å². The molecule has 0 aromatic carbocycles. The molecule has 1 unspecified atom stereocenters. The smallest absolute Gasteiger partial charge is 0.319 e. The minimum atomic E-state index is -1.26. The molecule has 1 aliphatic carbocycles. The standard InChI is InChI=1S/C14H23NO5/c16-12(15-9-11-10-19-7-8-20-11)14(13(17)18)5-3-1-2-4-6-14/h11H,1-10H2,(H,15,16)(H,17,18). The normalized spacial score (nSPS) is 26.5. The predicted octanol–water partition coefficient (Wildman–Crippen LogP) is 0.943. The zero-order chi connectivity index (χ0) is 14.4. The van der Waals surface area contributed by atoms with Gasteiger partial charge in [-0.1, -0.05) is 25.7 Å². The van der Waals surface area contributed by atoms with Gasteiger partial charge in [0.2, 0.25) is 5.91 Å². The van der Waals surface area contributed by atoms with Crippen LogP contribution < -0.4 is 5.32 Å². The van der Waals surface area contributed by atoms with E-state index in [1.54, 1.807) is 0 Å². The molecule has 0 aromatic rings. The number of aliphatic carboxylic acids is 1. The van der Waals surface area contributed by atoms with Gasteiger partial charge in [-0.2, -0.15) is 0 Å². The van der Waals surface area contributed by atoms with Crippen molar-refractivity contribution in [3.63, 3.8) is 0 Å². The summed E-state index contributed by atoms with van der Waals surface area (Å²) in [4.78, 5) is 24.0. The number of carbonyl (C=O) groups is 2. The summed E-state index contributed by atoms with van der Waals surface area (Å²) in [5.74, 6) is -1.38. The molecule has 1 atom stereocenters. The molecule has 0 radical (unpaired) electrons. The zero-order valence-electron chi connectivity index (χ0n) is 11.7. The van der Waals surface area contributed by atoms with Gasteiger partial charge in [0.15, 0.2) is 0 Å². The molecule has 1 saturated carbocycles. The molecule has 2 N–H and O–H groups in total. The van der Waals surface area contributed by atoms with Gasteiger partial charge in [0.25, 0.3) is 0 Å². The first-order valence-corrected chi connectivity index (χ1v) is 7.36. The fourth-order valence-corrected chi connectivity index (χ4v) is 2.90. The molecule has 2 aliphatic rings. The molecule has 0 bridgehead atoms. The Morgan fingerprint density at radius 3 is 2.40 bits per heavy atom. The molecule has 1 saturated heterocycles. The second-order valence-electron chi connectivity index (χ2n) is 5.58. The maximum atomic E-state index is 12.4. The van der Waals surface area contributed by atoms with Gasteiger partial charge < -0.3 is 19.9 Å². The maximum absolute atomic E-state index is 12.4. The Bertz CT molecular complexity index is 343. The van der Waals surface area contributed by atoms with Gasteiger partial charge in [-0.15, -0.1) is 0 Å². The maximum Gasteiger partial charge on any atom is 0.319 e. The number of nitrogens with one attached hydrogen (secondary N) is 1. The highest BCUT2D eigenvalue weighted by Gasteiger charge is 2.45. The summed E-state index contributed by atoms with van der Waals surface area (Å²) >= 11 is 0. The van der Waals surface area contributed by atoms with Crippen LogP contribution in [0.3, 0.4) is 0 Å². The summed E-state index contributed by atoms with van der Waals surface area (Å²) < 4.78 is 10.7. The third kappa shape index (κ3) is 3.49. The van der Waals surface area contributed by atoms with E-state index in [-0.39, 0.29) is 12.0 Å². The quantitative estimate of drug-likeness (QED) is 0.593. The molecular weight excluding hydrogens is 262 g/mol. The van der Waals surface area contributed by atoms with Crippen LogP contribution in [0.25, 0.3) is 0 Å². The molecule has 2 rings (SSSR count). The SMILES string of the molecule is O=C(O)C1(C(=O)NCC2COCCO2)CCCCCC1. The van der Waals surface area contributed by atoms with E-state index >= 15 is 0 Å². The second kappa shape index (κ2) is 7.04. The molecule has 0 aromatic heterocycles. The van der Waals surface area contributed by atoms with Gasteiger partial charge in [-0.25, -0.2) is 0 Å². The van der Waals surface area contributed by atoms with Crippen LogP contribution in [0.15, 0.2) is 0 Å². The lowest BCUT2D eigenvalue weighted by Gasteiger charge is -2.29. The molecule has 2 fully saturated rings. The summed E-state index contributed by atoms with van der Waals surface area (Å²) in [5, 5.41) is 12.3. The fourth-order valence-electron chi connectivity index (χ4n) is 2.90. The van der Waals surface area contributed by atoms with Gasteiger partial charge in [-0.3, -0.25) is 9.59 Å². The van der Waals surface area contributed by atoms with Gasteiger partial charge in [0.1, 0.15) is 5.41 Å². The highest BCUT2D eigenvalue weighted by Crippen LogP contribution is 2.35. The van der Waals surface area contributed by atoms with Crippen LogP contribution in [0.5, 0.6) is 0 Å². The third-order valence-corrected chi connectivity index (χ3v) is 4.18. The average Bonchev–Trinajstić information content (AvgIpc) is 2.72. The second-order valence-corrected chi connectivity index (χ2v) is 5.58. The minimum Gasteiger partial charge on any atom is -0.480 e. The first kappa shape index (κ1) is 15.3. The van der Waals surface area contributed by atoms with E-state index in [1.165, 1.54) is 0 Å². The van der Waals surface area contributed by atoms with Crippen molar-refractivity contribution in [1.82, 2.24) is 5.32 Å². The molecule has 6 nitrogen and oxygen atoms in total. The van der Waals surface area contributed by atoms with Crippen molar-refractivity contribution in [3.05, 3.63) is 0 Å². The Morgan fingerprint density at radius 1 is 1.15 bits per heavy atom.